The molecule has 2 nitrogen and oxygen atoms in total. The summed E-state index contributed by atoms with van der Waals surface area (Å²) in [6.45, 7) is 12.2. The SMILES string of the molecule is C=C/N=C\C=C(/C)N/C(C)=C(/C(=C)c1ccccc1)C1=CCCCC1. The molecule has 0 aliphatic heterocycles. The summed E-state index contributed by atoms with van der Waals surface area (Å²) in [5.41, 5.74) is 7.05. The highest BCUT2D eigenvalue weighted by Gasteiger charge is 2.16. The molecule has 0 fully saturated rings. The van der Waals surface area contributed by atoms with Gasteiger partial charge in [-0.3, -0.25) is 4.99 Å². The van der Waals surface area contributed by atoms with E-state index in [1.165, 1.54) is 35.8 Å². The van der Waals surface area contributed by atoms with Gasteiger partial charge in [-0.1, -0.05) is 49.6 Å². The van der Waals surface area contributed by atoms with E-state index in [4.69, 9.17) is 0 Å². The minimum atomic E-state index is 1.04. The van der Waals surface area contributed by atoms with E-state index in [0.29, 0.717) is 0 Å². The van der Waals surface area contributed by atoms with Crippen molar-refractivity contribution >= 4 is 11.8 Å². The normalized spacial score (nSPS) is 16.2. The van der Waals surface area contributed by atoms with Crippen LogP contribution in [0.5, 0.6) is 0 Å². The van der Waals surface area contributed by atoms with Crippen LogP contribution in [0.15, 0.2) is 89.4 Å². The van der Waals surface area contributed by atoms with Crippen molar-refractivity contribution in [1.82, 2.24) is 5.32 Å². The maximum Gasteiger partial charge on any atom is 0.0284 e. The van der Waals surface area contributed by atoms with Crippen molar-refractivity contribution in [3.63, 3.8) is 0 Å². The number of nitrogens with zero attached hydrogens (tertiary/aromatic N) is 1. The largest absolute Gasteiger partial charge is 0.362 e. The molecule has 0 radical (unpaired) electrons. The zero-order valence-corrected chi connectivity index (χ0v) is 15.4. The number of nitrogens with one attached hydrogen (secondary N) is 1. The van der Waals surface area contributed by atoms with Gasteiger partial charge in [0.2, 0.25) is 0 Å². The molecule has 1 aliphatic rings. The second-order valence-corrected chi connectivity index (χ2v) is 6.28. The fourth-order valence-corrected chi connectivity index (χ4v) is 3.13. The quantitative estimate of drug-likeness (QED) is 0.468. The van der Waals surface area contributed by atoms with E-state index in [1.807, 2.05) is 19.1 Å². The van der Waals surface area contributed by atoms with Crippen molar-refractivity contribution in [3.05, 3.63) is 89.9 Å². The Morgan fingerprint density at radius 3 is 2.56 bits per heavy atom. The molecule has 1 N–H and O–H groups in total. The Morgan fingerprint density at radius 2 is 1.92 bits per heavy atom. The molecule has 130 valence electrons. The summed E-state index contributed by atoms with van der Waals surface area (Å²) >= 11 is 0. The zero-order chi connectivity index (χ0) is 18.1. The molecule has 25 heavy (non-hydrogen) atoms. The highest BCUT2D eigenvalue weighted by atomic mass is 14.9. The summed E-state index contributed by atoms with van der Waals surface area (Å²) in [4.78, 5) is 4.01. The molecule has 0 aromatic heterocycles. The molecule has 0 saturated heterocycles. The Balaban J connectivity index is 2.37. The van der Waals surface area contributed by atoms with E-state index in [1.54, 1.807) is 6.21 Å². The Morgan fingerprint density at radius 1 is 1.16 bits per heavy atom. The van der Waals surface area contributed by atoms with Crippen LogP contribution in [0.2, 0.25) is 0 Å². The fourth-order valence-electron chi connectivity index (χ4n) is 3.13. The monoisotopic (exact) mass is 332 g/mol. The highest BCUT2D eigenvalue weighted by Crippen LogP contribution is 2.34. The second-order valence-electron chi connectivity index (χ2n) is 6.28. The predicted molar refractivity (Wildman–Crippen MR) is 110 cm³/mol. The van der Waals surface area contributed by atoms with Gasteiger partial charge in [0.1, 0.15) is 0 Å². The number of rotatable bonds is 7. The van der Waals surface area contributed by atoms with Crippen LogP contribution >= 0.6 is 0 Å². The van der Waals surface area contributed by atoms with E-state index < -0.39 is 0 Å². The van der Waals surface area contributed by atoms with Crippen LogP contribution in [-0.2, 0) is 0 Å². The first-order valence-electron chi connectivity index (χ1n) is 8.86. The lowest BCUT2D eigenvalue weighted by Gasteiger charge is -2.22. The van der Waals surface area contributed by atoms with E-state index in [2.05, 4.69) is 60.7 Å². The van der Waals surface area contributed by atoms with Gasteiger partial charge in [0.25, 0.3) is 0 Å². The van der Waals surface area contributed by atoms with Crippen molar-refractivity contribution < 1.29 is 0 Å². The molecular weight excluding hydrogens is 304 g/mol. The lowest BCUT2D eigenvalue weighted by molar-refractivity contribution is 0.706. The van der Waals surface area contributed by atoms with Crippen LogP contribution in [0.4, 0.5) is 0 Å². The van der Waals surface area contributed by atoms with Gasteiger partial charge in [0.05, 0.1) is 0 Å². The summed E-state index contributed by atoms with van der Waals surface area (Å²) < 4.78 is 0. The summed E-state index contributed by atoms with van der Waals surface area (Å²) in [5, 5.41) is 3.50. The Hall–Kier alpha value is -2.61. The van der Waals surface area contributed by atoms with Gasteiger partial charge in [-0.25, -0.2) is 0 Å². The number of benzene rings is 1. The molecule has 0 heterocycles. The maximum atomic E-state index is 4.41. The number of allylic oxidation sites excluding steroid dienone is 7. The Labute approximate surface area is 152 Å². The van der Waals surface area contributed by atoms with Crippen LogP contribution in [0.1, 0.15) is 45.1 Å². The van der Waals surface area contributed by atoms with Gasteiger partial charge in [0.15, 0.2) is 0 Å². The average molecular weight is 332 g/mol. The van der Waals surface area contributed by atoms with Gasteiger partial charge in [-0.15, -0.1) is 0 Å². The lowest BCUT2D eigenvalue weighted by Crippen LogP contribution is -2.13. The van der Waals surface area contributed by atoms with Crippen molar-refractivity contribution in [2.45, 2.75) is 39.5 Å². The van der Waals surface area contributed by atoms with Gasteiger partial charge in [-0.05, 0) is 62.3 Å². The first-order chi connectivity index (χ1) is 12.1. The minimum Gasteiger partial charge on any atom is -0.362 e. The van der Waals surface area contributed by atoms with Crippen LogP contribution in [0.3, 0.4) is 0 Å². The van der Waals surface area contributed by atoms with Crippen LogP contribution in [-0.4, -0.2) is 6.21 Å². The molecule has 2 heteroatoms. The molecule has 0 saturated carbocycles. The van der Waals surface area contributed by atoms with Crippen LogP contribution < -0.4 is 5.32 Å². The van der Waals surface area contributed by atoms with E-state index in [0.717, 1.165) is 29.8 Å². The lowest BCUT2D eigenvalue weighted by atomic mass is 9.86. The summed E-state index contributed by atoms with van der Waals surface area (Å²) in [5.74, 6) is 0. The highest BCUT2D eigenvalue weighted by molar-refractivity contribution is 5.83. The Bertz CT molecular complexity index is 731. The molecule has 1 aromatic carbocycles. The molecule has 0 bridgehead atoms. The molecule has 0 unspecified atom stereocenters. The van der Waals surface area contributed by atoms with E-state index >= 15 is 0 Å². The second kappa shape index (κ2) is 9.63. The van der Waals surface area contributed by atoms with Gasteiger partial charge >= 0.3 is 0 Å². The first-order valence-corrected chi connectivity index (χ1v) is 8.86. The zero-order valence-electron chi connectivity index (χ0n) is 15.4. The minimum absolute atomic E-state index is 1.04. The molecule has 1 aromatic rings. The Kier molecular flexibility index (Phi) is 7.21. The van der Waals surface area contributed by atoms with E-state index in [-0.39, 0.29) is 0 Å². The van der Waals surface area contributed by atoms with Crippen LogP contribution in [0, 0.1) is 0 Å². The van der Waals surface area contributed by atoms with Crippen molar-refractivity contribution in [2.24, 2.45) is 4.99 Å². The predicted octanol–water partition coefficient (Wildman–Crippen LogP) is 6.18. The first kappa shape index (κ1) is 18.7. The fraction of sp³-hybridized carbons (Fsp3) is 0.261. The topological polar surface area (TPSA) is 24.4 Å². The third kappa shape index (κ3) is 5.46. The molecule has 0 amide bonds. The third-order valence-corrected chi connectivity index (χ3v) is 4.31. The van der Waals surface area contributed by atoms with Crippen molar-refractivity contribution in [1.29, 1.82) is 0 Å². The number of hydrogen-bond donors (Lipinski definition) is 1. The summed E-state index contributed by atoms with van der Waals surface area (Å²) in [6, 6.07) is 10.4. The summed E-state index contributed by atoms with van der Waals surface area (Å²) in [6.07, 6.45) is 12.4. The summed E-state index contributed by atoms with van der Waals surface area (Å²) in [7, 11) is 0. The van der Waals surface area contributed by atoms with Crippen molar-refractivity contribution in [3.8, 4) is 0 Å². The van der Waals surface area contributed by atoms with E-state index in [9.17, 15) is 0 Å². The van der Waals surface area contributed by atoms with Crippen molar-refractivity contribution in [2.75, 3.05) is 0 Å². The molecule has 1 aliphatic carbocycles. The van der Waals surface area contributed by atoms with Gasteiger partial charge in [0, 0.05) is 29.4 Å². The van der Waals surface area contributed by atoms with Gasteiger partial charge in [-0.2, -0.15) is 0 Å². The van der Waals surface area contributed by atoms with Gasteiger partial charge < -0.3 is 5.32 Å². The number of hydrogen-bond acceptors (Lipinski definition) is 2. The smallest absolute Gasteiger partial charge is 0.0284 e. The van der Waals surface area contributed by atoms with Crippen LogP contribution in [0.25, 0.3) is 5.57 Å². The number of aliphatic imine (C=N–C) groups is 1. The molecule has 0 spiro atoms. The molecule has 0 atom stereocenters. The molecular formula is C23H28N2. The standard InChI is InChI=1S/C23H28N2/c1-5-24-17-16-18(2)25-20(4)23(22-14-10-7-11-15-22)19(3)21-12-8-6-9-13-21/h5-6,8-9,12-14,16-17,25H,1,3,7,10-11,15H2,2,4H3/b18-16+,23-20-,24-17-. The maximum absolute atomic E-state index is 4.41. The third-order valence-electron chi connectivity index (χ3n) is 4.31. The molecule has 2 rings (SSSR count). The average Bonchev–Trinajstić information content (AvgIpc) is 2.63.